The SMILES string of the molecule is Cc1ccccc1NC(=O)CCc1ncc(-c2ccc(F)cc2F)o1. The van der Waals surface area contributed by atoms with Crippen LogP contribution in [0.3, 0.4) is 0 Å². The van der Waals surface area contributed by atoms with Crippen LogP contribution in [-0.4, -0.2) is 10.9 Å². The van der Waals surface area contributed by atoms with Gasteiger partial charge in [0.1, 0.15) is 11.6 Å². The molecule has 0 aliphatic heterocycles. The Labute approximate surface area is 143 Å². The summed E-state index contributed by atoms with van der Waals surface area (Å²) in [6.45, 7) is 1.91. The molecular weight excluding hydrogens is 326 g/mol. The lowest BCUT2D eigenvalue weighted by Gasteiger charge is -2.07. The van der Waals surface area contributed by atoms with Crippen LogP contribution in [0.1, 0.15) is 17.9 Å². The third-order valence-corrected chi connectivity index (χ3v) is 3.74. The van der Waals surface area contributed by atoms with Crippen molar-refractivity contribution < 1.29 is 18.0 Å². The summed E-state index contributed by atoms with van der Waals surface area (Å²) in [5, 5.41) is 2.82. The van der Waals surface area contributed by atoms with Crippen LogP contribution in [0.15, 0.2) is 53.1 Å². The number of nitrogens with one attached hydrogen (secondary N) is 1. The zero-order valence-electron chi connectivity index (χ0n) is 13.6. The molecule has 25 heavy (non-hydrogen) atoms. The van der Waals surface area contributed by atoms with Gasteiger partial charge in [-0.15, -0.1) is 0 Å². The van der Waals surface area contributed by atoms with Gasteiger partial charge in [0.05, 0.1) is 11.8 Å². The number of oxazole rings is 1. The summed E-state index contributed by atoms with van der Waals surface area (Å²) in [6, 6.07) is 10.7. The summed E-state index contributed by atoms with van der Waals surface area (Å²) in [7, 11) is 0. The van der Waals surface area contributed by atoms with Gasteiger partial charge >= 0.3 is 0 Å². The third-order valence-electron chi connectivity index (χ3n) is 3.74. The number of rotatable bonds is 5. The van der Waals surface area contributed by atoms with Crippen LogP contribution in [0.5, 0.6) is 0 Å². The predicted octanol–water partition coefficient (Wildman–Crippen LogP) is 4.50. The van der Waals surface area contributed by atoms with Gasteiger partial charge in [-0.25, -0.2) is 13.8 Å². The number of halogens is 2. The van der Waals surface area contributed by atoms with E-state index in [0.717, 1.165) is 23.4 Å². The molecule has 0 saturated carbocycles. The fourth-order valence-electron chi connectivity index (χ4n) is 2.39. The summed E-state index contributed by atoms with van der Waals surface area (Å²) in [4.78, 5) is 16.1. The first-order chi connectivity index (χ1) is 12.0. The molecule has 0 spiro atoms. The van der Waals surface area contributed by atoms with E-state index in [2.05, 4.69) is 10.3 Å². The van der Waals surface area contributed by atoms with Gasteiger partial charge in [0, 0.05) is 24.6 Å². The third kappa shape index (κ3) is 4.09. The molecule has 3 aromatic rings. The molecule has 4 nitrogen and oxygen atoms in total. The fourth-order valence-corrected chi connectivity index (χ4v) is 2.39. The molecule has 3 rings (SSSR count). The Morgan fingerprint density at radius 3 is 2.76 bits per heavy atom. The molecule has 0 fully saturated rings. The van der Waals surface area contributed by atoms with Crippen molar-refractivity contribution in [2.24, 2.45) is 0 Å². The molecule has 0 atom stereocenters. The lowest BCUT2D eigenvalue weighted by molar-refractivity contribution is -0.116. The number of para-hydroxylation sites is 1. The first kappa shape index (κ1) is 16.8. The Kier molecular flexibility index (Phi) is 4.88. The highest BCUT2D eigenvalue weighted by molar-refractivity contribution is 5.91. The monoisotopic (exact) mass is 342 g/mol. The fraction of sp³-hybridized carbons (Fsp3) is 0.158. The maximum Gasteiger partial charge on any atom is 0.224 e. The second-order valence-electron chi connectivity index (χ2n) is 5.61. The smallest absolute Gasteiger partial charge is 0.224 e. The first-order valence-corrected chi connectivity index (χ1v) is 7.78. The van der Waals surface area contributed by atoms with E-state index in [1.54, 1.807) is 0 Å². The number of carbonyl (C=O) groups excluding carboxylic acids is 1. The minimum absolute atomic E-state index is 0.129. The Hall–Kier alpha value is -3.02. The van der Waals surface area contributed by atoms with Crippen LogP contribution < -0.4 is 5.32 Å². The van der Waals surface area contributed by atoms with Crippen LogP contribution in [0, 0.1) is 18.6 Å². The van der Waals surface area contributed by atoms with Crippen molar-refractivity contribution in [1.82, 2.24) is 4.98 Å². The van der Waals surface area contributed by atoms with E-state index >= 15 is 0 Å². The normalized spacial score (nSPS) is 10.7. The van der Waals surface area contributed by atoms with Crippen molar-refractivity contribution in [3.8, 4) is 11.3 Å². The van der Waals surface area contributed by atoms with Crippen LogP contribution in [0.2, 0.25) is 0 Å². The summed E-state index contributed by atoms with van der Waals surface area (Å²) in [6.07, 6.45) is 1.83. The lowest BCUT2D eigenvalue weighted by atomic mass is 10.2. The molecule has 0 aliphatic carbocycles. The number of hydrogen-bond acceptors (Lipinski definition) is 3. The van der Waals surface area contributed by atoms with Gasteiger partial charge in [-0.05, 0) is 30.7 Å². The largest absolute Gasteiger partial charge is 0.441 e. The maximum absolute atomic E-state index is 13.7. The van der Waals surface area contributed by atoms with Gasteiger partial charge in [-0.2, -0.15) is 0 Å². The van der Waals surface area contributed by atoms with Gasteiger partial charge in [-0.1, -0.05) is 18.2 Å². The topological polar surface area (TPSA) is 55.1 Å². The van der Waals surface area contributed by atoms with Crippen molar-refractivity contribution in [1.29, 1.82) is 0 Å². The van der Waals surface area contributed by atoms with Crippen molar-refractivity contribution in [3.63, 3.8) is 0 Å². The second kappa shape index (κ2) is 7.25. The standard InChI is InChI=1S/C19H16F2N2O2/c1-12-4-2-3-5-16(12)23-18(24)8-9-19-22-11-17(25-19)14-7-6-13(20)10-15(14)21/h2-7,10-11H,8-9H2,1H3,(H,23,24). The average molecular weight is 342 g/mol. The van der Waals surface area contributed by atoms with Crippen molar-refractivity contribution in [2.75, 3.05) is 5.32 Å². The number of aryl methyl sites for hydroxylation is 2. The van der Waals surface area contributed by atoms with Crippen molar-refractivity contribution in [2.45, 2.75) is 19.8 Å². The van der Waals surface area contributed by atoms with Gasteiger partial charge in [0.2, 0.25) is 5.91 Å². The number of anilines is 1. The van der Waals surface area contributed by atoms with Crippen LogP contribution in [0.4, 0.5) is 14.5 Å². The Morgan fingerprint density at radius 1 is 1.20 bits per heavy atom. The number of benzene rings is 2. The molecular formula is C19H16F2N2O2. The molecule has 1 N–H and O–H groups in total. The van der Waals surface area contributed by atoms with Gasteiger partial charge < -0.3 is 9.73 Å². The molecule has 1 aromatic heterocycles. The quantitative estimate of drug-likeness (QED) is 0.743. The molecule has 1 amide bonds. The maximum atomic E-state index is 13.7. The summed E-state index contributed by atoms with van der Waals surface area (Å²) in [5.74, 6) is -1.03. The average Bonchev–Trinajstić information content (AvgIpc) is 3.04. The molecule has 128 valence electrons. The molecule has 0 radical (unpaired) electrons. The minimum Gasteiger partial charge on any atom is -0.441 e. The lowest BCUT2D eigenvalue weighted by Crippen LogP contribution is -2.13. The van der Waals surface area contributed by atoms with E-state index in [1.807, 2.05) is 31.2 Å². The molecule has 0 aliphatic rings. The highest BCUT2D eigenvalue weighted by Crippen LogP contribution is 2.24. The van der Waals surface area contributed by atoms with E-state index in [0.29, 0.717) is 5.89 Å². The van der Waals surface area contributed by atoms with Crippen LogP contribution in [0.25, 0.3) is 11.3 Å². The van der Waals surface area contributed by atoms with Gasteiger partial charge in [0.15, 0.2) is 11.7 Å². The zero-order valence-corrected chi connectivity index (χ0v) is 13.6. The molecule has 0 unspecified atom stereocenters. The van der Waals surface area contributed by atoms with E-state index in [9.17, 15) is 13.6 Å². The summed E-state index contributed by atoms with van der Waals surface area (Å²) < 4.78 is 32.2. The Morgan fingerprint density at radius 2 is 2.00 bits per heavy atom. The molecule has 2 aromatic carbocycles. The number of amides is 1. The number of hydrogen-bond donors (Lipinski definition) is 1. The summed E-state index contributed by atoms with van der Waals surface area (Å²) >= 11 is 0. The molecule has 0 saturated heterocycles. The number of aromatic nitrogens is 1. The number of nitrogens with zero attached hydrogens (tertiary/aromatic N) is 1. The highest BCUT2D eigenvalue weighted by Gasteiger charge is 2.13. The molecule has 6 heteroatoms. The van der Waals surface area contributed by atoms with E-state index in [1.165, 1.54) is 12.3 Å². The Balaban J connectivity index is 1.62. The second-order valence-corrected chi connectivity index (χ2v) is 5.61. The minimum atomic E-state index is -0.722. The molecule has 1 heterocycles. The van der Waals surface area contributed by atoms with E-state index in [-0.39, 0.29) is 30.1 Å². The molecule has 0 bridgehead atoms. The zero-order chi connectivity index (χ0) is 17.8. The van der Waals surface area contributed by atoms with Crippen LogP contribution in [-0.2, 0) is 11.2 Å². The summed E-state index contributed by atoms with van der Waals surface area (Å²) in [5.41, 5.74) is 1.86. The van der Waals surface area contributed by atoms with Crippen LogP contribution >= 0.6 is 0 Å². The van der Waals surface area contributed by atoms with Crippen molar-refractivity contribution >= 4 is 11.6 Å². The highest BCUT2D eigenvalue weighted by atomic mass is 19.1. The van der Waals surface area contributed by atoms with Gasteiger partial charge in [-0.3, -0.25) is 4.79 Å². The van der Waals surface area contributed by atoms with E-state index in [4.69, 9.17) is 4.42 Å². The van der Waals surface area contributed by atoms with E-state index < -0.39 is 11.6 Å². The van der Waals surface area contributed by atoms with Gasteiger partial charge in [0.25, 0.3) is 0 Å². The Bertz CT molecular complexity index is 906. The van der Waals surface area contributed by atoms with Crippen molar-refractivity contribution in [3.05, 3.63) is 71.8 Å². The number of carbonyl (C=O) groups is 1. The first-order valence-electron chi connectivity index (χ1n) is 7.78. The predicted molar refractivity (Wildman–Crippen MR) is 90.0 cm³/mol.